The van der Waals surface area contributed by atoms with Crippen molar-refractivity contribution in [1.29, 1.82) is 5.41 Å². The summed E-state index contributed by atoms with van der Waals surface area (Å²) in [5.41, 5.74) is 1.58. The molecule has 0 radical (unpaired) electrons. The van der Waals surface area contributed by atoms with Crippen molar-refractivity contribution in [1.82, 2.24) is 10.2 Å². The molecule has 3 rings (SSSR count). The molecule has 1 saturated carbocycles. The van der Waals surface area contributed by atoms with Crippen LogP contribution in [0.15, 0.2) is 60.7 Å². The Morgan fingerprint density at radius 2 is 1.41 bits per heavy atom. The number of ether oxygens (including phenoxy) is 2. The summed E-state index contributed by atoms with van der Waals surface area (Å²) in [5.74, 6) is -1.66. The van der Waals surface area contributed by atoms with Crippen LogP contribution in [0.3, 0.4) is 0 Å². The van der Waals surface area contributed by atoms with Crippen LogP contribution in [0.2, 0.25) is 0 Å². The van der Waals surface area contributed by atoms with E-state index in [2.05, 4.69) is 5.32 Å². The van der Waals surface area contributed by atoms with Crippen molar-refractivity contribution < 1.29 is 29.0 Å². The number of rotatable bonds is 7. The van der Waals surface area contributed by atoms with Gasteiger partial charge in [0.1, 0.15) is 13.2 Å². The highest BCUT2D eigenvalue weighted by Gasteiger charge is 2.31. The van der Waals surface area contributed by atoms with Gasteiger partial charge < -0.3 is 14.6 Å². The lowest BCUT2D eigenvalue weighted by Gasteiger charge is -2.31. The molecule has 1 aliphatic carbocycles. The van der Waals surface area contributed by atoms with Crippen LogP contribution in [-0.2, 0) is 27.5 Å². The summed E-state index contributed by atoms with van der Waals surface area (Å²) in [7, 11) is 0. The number of carbonyl (C=O) groups is 3. The third-order valence-corrected chi connectivity index (χ3v) is 5.77. The number of carbonyl (C=O) groups excluding carboxylic acids is 2. The number of carboxylic acids is 1. The standard InChI is InChI=1S/C25H29N3O6/c26-23(27-24(31)33-16-19-7-3-1-4-8-19)28(15-18-11-13-21(14-12-18)22(29)30)25(32)34-17-20-9-5-2-6-10-20/h1-10,18,21H,11-17H2,(H,29,30)(H2,26,27,31)/t18-,21-. The molecular formula is C25H29N3O6. The van der Waals surface area contributed by atoms with Crippen LogP contribution in [0.25, 0.3) is 0 Å². The van der Waals surface area contributed by atoms with E-state index < -0.39 is 24.1 Å². The first kappa shape index (κ1) is 24.8. The van der Waals surface area contributed by atoms with Crippen molar-refractivity contribution in [3.63, 3.8) is 0 Å². The van der Waals surface area contributed by atoms with E-state index in [-0.39, 0.29) is 31.6 Å². The molecule has 3 N–H and O–H groups in total. The molecular weight excluding hydrogens is 438 g/mol. The Morgan fingerprint density at radius 3 is 1.94 bits per heavy atom. The molecule has 0 bridgehead atoms. The van der Waals surface area contributed by atoms with E-state index in [9.17, 15) is 19.5 Å². The van der Waals surface area contributed by atoms with Crippen LogP contribution in [0.5, 0.6) is 0 Å². The average Bonchev–Trinajstić information content (AvgIpc) is 2.86. The highest BCUT2D eigenvalue weighted by molar-refractivity contribution is 5.99. The summed E-state index contributed by atoms with van der Waals surface area (Å²) in [5, 5.41) is 19.8. The topological polar surface area (TPSA) is 129 Å². The number of nitrogens with zero attached hydrogens (tertiary/aromatic N) is 1. The van der Waals surface area contributed by atoms with Gasteiger partial charge in [0, 0.05) is 6.54 Å². The van der Waals surface area contributed by atoms with Crippen LogP contribution >= 0.6 is 0 Å². The Kier molecular flexibility index (Phi) is 9.02. The highest BCUT2D eigenvalue weighted by Crippen LogP contribution is 2.29. The molecule has 0 unspecified atom stereocenters. The van der Waals surface area contributed by atoms with Crippen LogP contribution in [-0.4, -0.2) is 40.7 Å². The van der Waals surface area contributed by atoms with Crippen molar-refractivity contribution in [2.75, 3.05) is 6.54 Å². The number of hydrogen-bond acceptors (Lipinski definition) is 6. The molecule has 34 heavy (non-hydrogen) atoms. The van der Waals surface area contributed by atoms with Crippen LogP contribution in [0.4, 0.5) is 9.59 Å². The fraction of sp³-hybridized carbons (Fsp3) is 0.360. The Morgan fingerprint density at radius 1 is 0.882 bits per heavy atom. The second kappa shape index (κ2) is 12.4. The maximum atomic E-state index is 12.8. The van der Waals surface area contributed by atoms with Crippen LogP contribution in [0.1, 0.15) is 36.8 Å². The third-order valence-electron chi connectivity index (χ3n) is 5.77. The summed E-state index contributed by atoms with van der Waals surface area (Å²) in [6.45, 7) is 0.184. The Bertz CT molecular complexity index is 975. The third kappa shape index (κ3) is 7.61. The predicted molar refractivity (Wildman–Crippen MR) is 124 cm³/mol. The van der Waals surface area contributed by atoms with Gasteiger partial charge in [-0.1, -0.05) is 60.7 Å². The number of aliphatic carboxylic acids is 1. The minimum atomic E-state index is -0.857. The van der Waals surface area contributed by atoms with Crippen molar-refractivity contribution >= 4 is 24.1 Å². The number of nitrogens with one attached hydrogen (secondary N) is 2. The van der Waals surface area contributed by atoms with E-state index in [4.69, 9.17) is 14.9 Å². The number of amides is 2. The second-order valence-electron chi connectivity index (χ2n) is 8.24. The fourth-order valence-corrected chi connectivity index (χ4v) is 3.83. The summed E-state index contributed by atoms with van der Waals surface area (Å²) in [6, 6.07) is 18.2. The number of carboxylic acid groups (broad SMARTS) is 1. The van der Waals surface area contributed by atoms with Crippen LogP contribution < -0.4 is 5.32 Å². The zero-order valence-corrected chi connectivity index (χ0v) is 18.8. The number of benzene rings is 2. The maximum Gasteiger partial charge on any atom is 0.416 e. The molecule has 0 spiro atoms. The molecule has 9 nitrogen and oxygen atoms in total. The maximum absolute atomic E-state index is 12.8. The molecule has 2 aromatic carbocycles. The van der Waals surface area contributed by atoms with Crippen molar-refractivity contribution in [3.05, 3.63) is 71.8 Å². The normalized spacial score (nSPS) is 17.3. The minimum absolute atomic E-state index is 0.0117. The van der Waals surface area contributed by atoms with Gasteiger partial charge in [0.2, 0.25) is 5.96 Å². The van der Waals surface area contributed by atoms with Gasteiger partial charge in [0.05, 0.1) is 5.92 Å². The van der Waals surface area contributed by atoms with Gasteiger partial charge in [-0.05, 0) is 42.7 Å². The molecule has 0 aromatic heterocycles. The van der Waals surface area contributed by atoms with Gasteiger partial charge >= 0.3 is 18.2 Å². The average molecular weight is 468 g/mol. The Hall–Kier alpha value is -3.88. The minimum Gasteiger partial charge on any atom is -0.481 e. The molecule has 0 atom stereocenters. The van der Waals surface area contributed by atoms with E-state index in [1.54, 1.807) is 12.1 Å². The van der Waals surface area contributed by atoms with E-state index in [1.807, 2.05) is 48.5 Å². The molecule has 1 aliphatic rings. The van der Waals surface area contributed by atoms with Crippen molar-refractivity contribution in [2.45, 2.75) is 38.9 Å². The second-order valence-corrected chi connectivity index (χ2v) is 8.24. The van der Waals surface area contributed by atoms with E-state index >= 15 is 0 Å². The quantitative estimate of drug-likeness (QED) is 0.409. The molecule has 2 aromatic rings. The lowest BCUT2D eigenvalue weighted by Crippen LogP contribution is -2.49. The van der Waals surface area contributed by atoms with E-state index in [0.29, 0.717) is 25.7 Å². The van der Waals surface area contributed by atoms with Gasteiger partial charge in [-0.3, -0.25) is 15.5 Å². The molecule has 0 saturated heterocycles. The molecule has 0 heterocycles. The monoisotopic (exact) mass is 467 g/mol. The predicted octanol–water partition coefficient (Wildman–Crippen LogP) is 4.38. The fourth-order valence-electron chi connectivity index (χ4n) is 3.83. The van der Waals surface area contributed by atoms with Crippen molar-refractivity contribution in [2.24, 2.45) is 11.8 Å². The van der Waals surface area contributed by atoms with E-state index in [1.165, 1.54) is 0 Å². The molecule has 0 aliphatic heterocycles. The first-order valence-corrected chi connectivity index (χ1v) is 11.2. The number of guanidine groups is 1. The largest absolute Gasteiger partial charge is 0.481 e. The van der Waals surface area contributed by atoms with Gasteiger partial charge in [0.15, 0.2) is 0 Å². The lowest BCUT2D eigenvalue weighted by atomic mass is 9.82. The summed E-state index contributed by atoms with van der Waals surface area (Å²) in [4.78, 5) is 37.4. The molecule has 180 valence electrons. The number of hydrogen-bond donors (Lipinski definition) is 3. The summed E-state index contributed by atoms with van der Waals surface area (Å²) in [6.07, 6.45) is 0.595. The zero-order valence-electron chi connectivity index (χ0n) is 18.8. The van der Waals surface area contributed by atoms with Crippen LogP contribution in [0, 0.1) is 17.2 Å². The molecule has 2 amide bonds. The van der Waals surface area contributed by atoms with Gasteiger partial charge in [-0.2, -0.15) is 0 Å². The summed E-state index contributed by atoms with van der Waals surface area (Å²) < 4.78 is 10.5. The smallest absolute Gasteiger partial charge is 0.416 e. The highest BCUT2D eigenvalue weighted by atomic mass is 16.6. The Labute approximate surface area is 198 Å². The number of alkyl carbamates (subject to hydrolysis) is 1. The van der Waals surface area contributed by atoms with Gasteiger partial charge in [-0.25, -0.2) is 14.5 Å². The Balaban J connectivity index is 1.59. The van der Waals surface area contributed by atoms with Gasteiger partial charge in [-0.15, -0.1) is 0 Å². The summed E-state index contributed by atoms with van der Waals surface area (Å²) >= 11 is 0. The lowest BCUT2D eigenvalue weighted by molar-refractivity contribution is -0.143. The zero-order chi connectivity index (χ0) is 24.3. The van der Waals surface area contributed by atoms with Gasteiger partial charge in [0.25, 0.3) is 0 Å². The first-order chi connectivity index (χ1) is 16.4. The van der Waals surface area contributed by atoms with E-state index in [0.717, 1.165) is 16.0 Å². The molecule has 9 heteroatoms. The molecule has 1 fully saturated rings. The van der Waals surface area contributed by atoms with Crippen molar-refractivity contribution in [3.8, 4) is 0 Å². The SMILES string of the molecule is N=C(NC(=O)OCc1ccccc1)N(C[C@H]1CC[C@H](C(=O)O)CC1)C(=O)OCc1ccccc1. The first-order valence-electron chi connectivity index (χ1n) is 11.2.